The van der Waals surface area contributed by atoms with Crippen molar-refractivity contribution in [1.29, 1.82) is 0 Å². The van der Waals surface area contributed by atoms with Gasteiger partial charge >= 0.3 is 6.03 Å². The highest BCUT2D eigenvalue weighted by Gasteiger charge is 2.35. The SMILES string of the molecule is CNC(=O)N1Cc2c(C)nn(-c3ccccc3)c2-n2cccc2C1c1ccc(N(C)C)cc1. The molecule has 0 spiro atoms. The third-order valence-electron chi connectivity index (χ3n) is 6.29. The average molecular weight is 441 g/mol. The Balaban J connectivity index is 1.73. The van der Waals surface area contributed by atoms with Crippen LogP contribution in [0.25, 0.3) is 11.5 Å². The van der Waals surface area contributed by atoms with Crippen molar-refractivity contribution in [2.75, 3.05) is 26.0 Å². The van der Waals surface area contributed by atoms with Crippen LogP contribution in [0.1, 0.15) is 28.6 Å². The molecule has 168 valence electrons. The summed E-state index contributed by atoms with van der Waals surface area (Å²) >= 11 is 0. The predicted octanol–water partition coefficient (Wildman–Crippen LogP) is 4.28. The summed E-state index contributed by atoms with van der Waals surface area (Å²) in [5, 5.41) is 7.71. The van der Waals surface area contributed by atoms with Crippen LogP contribution in [-0.4, -0.2) is 46.4 Å². The Morgan fingerprint density at radius 1 is 1.03 bits per heavy atom. The van der Waals surface area contributed by atoms with Crippen molar-refractivity contribution >= 4 is 11.7 Å². The number of urea groups is 1. The van der Waals surface area contributed by atoms with E-state index < -0.39 is 0 Å². The molecule has 1 aliphatic rings. The molecule has 1 N–H and O–H groups in total. The van der Waals surface area contributed by atoms with Crippen LogP contribution in [0.5, 0.6) is 0 Å². The van der Waals surface area contributed by atoms with Crippen molar-refractivity contribution in [2.45, 2.75) is 19.5 Å². The fourth-order valence-corrected chi connectivity index (χ4v) is 4.60. The number of aromatic nitrogens is 3. The molecular formula is C26H28N6O. The molecule has 1 unspecified atom stereocenters. The third kappa shape index (κ3) is 3.46. The van der Waals surface area contributed by atoms with E-state index in [1.165, 1.54) is 0 Å². The van der Waals surface area contributed by atoms with Crippen LogP contribution in [0.3, 0.4) is 0 Å². The lowest BCUT2D eigenvalue weighted by Gasteiger charge is -2.30. The van der Waals surface area contributed by atoms with Crippen molar-refractivity contribution in [2.24, 2.45) is 0 Å². The molecule has 5 rings (SSSR count). The molecule has 0 saturated carbocycles. The van der Waals surface area contributed by atoms with Crippen LogP contribution in [0.2, 0.25) is 0 Å². The zero-order valence-corrected chi connectivity index (χ0v) is 19.4. The first-order valence-corrected chi connectivity index (χ1v) is 11.1. The Bertz CT molecular complexity index is 1290. The Hall–Kier alpha value is -4.00. The largest absolute Gasteiger partial charge is 0.378 e. The highest BCUT2D eigenvalue weighted by molar-refractivity contribution is 5.75. The standard InChI is InChI=1S/C26H28N6O/c1-18-22-17-31(26(33)27-2)24(19-12-14-20(15-13-19)29(3)4)23-11-8-16-30(23)25(22)32(28-18)21-9-6-5-7-10-21/h5-16,24H,17H2,1-4H3,(H,27,33). The van der Waals surface area contributed by atoms with Gasteiger partial charge in [-0.3, -0.25) is 0 Å². The molecule has 0 fully saturated rings. The molecule has 1 atom stereocenters. The number of carbonyl (C=O) groups is 1. The number of nitrogens with zero attached hydrogens (tertiary/aromatic N) is 5. The van der Waals surface area contributed by atoms with E-state index >= 15 is 0 Å². The number of hydrogen-bond donors (Lipinski definition) is 1. The van der Waals surface area contributed by atoms with Gasteiger partial charge in [0.1, 0.15) is 5.82 Å². The van der Waals surface area contributed by atoms with Crippen LogP contribution < -0.4 is 10.2 Å². The molecule has 7 nitrogen and oxygen atoms in total. The number of amides is 2. The molecule has 1 aliphatic heterocycles. The monoisotopic (exact) mass is 440 g/mol. The molecule has 3 heterocycles. The molecule has 7 heteroatoms. The van der Waals surface area contributed by atoms with Crippen LogP contribution in [-0.2, 0) is 6.54 Å². The Morgan fingerprint density at radius 2 is 1.76 bits per heavy atom. The van der Waals surface area contributed by atoms with E-state index in [-0.39, 0.29) is 12.1 Å². The number of hydrogen-bond acceptors (Lipinski definition) is 3. The summed E-state index contributed by atoms with van der Waals surface area (Å²) in [5.74, 6) is 0.972. The lowest BCUT2D eigenvalue weighted by Crippen LogP contribution is -2.40. The Morgan fingerprint density at radius 3 is 2.42 bits per heavy atom. The molecule has 33 heavy (non-hydrogen) atoms. The van der Waals surface area contributed by atoms with Crippen molar-refractivity contribution in [3.8, 4) is 11.5 Å². The second kappa shape index (κ2) is 8.16. The lowest BCUT2D eigenvalue weighted by molar-refractivity contribution is 0.182. The normalized spacial score (nSPS) is 14.9. The van der Waals surface area contributed by atoms with E-state index in [1.807, 2.05) is 54.9 Å². The van der Waals surface area contributed by atoms with E-state index in [1.54, 1.807) is 7.05 Å². The van der Waals surface area contributed by atoms with Crippen molar-refractivity contribution < 1.29 is 4.79 Å². The molecular weight excluding hydrogens is 412 g/mol. The van der Waals surface area contributed by atoms with Crippen LogP contribution >= 0.6 is 0 Å². The summed E-state index contributed by atoms with van der Waals surface area (Å²) in [5.41, 5.74) is 6.13. The number of fused-ring (bicyclic) bond motifs is 3. The number of aryl methyl sites for hydroxylation is 1. The van der Waals surface area contributed by atoms with Gasteiger partial charge in [-0.15, -0.1) is 0 Å². The number of anilines is 1. The average Bonchev–Trinajstić information content (AvgIpc) is 3.40. The number of rotatable bonds is 3. The maximum Gasteiger partial charge on any atom is 0.318 e. The number of para-hydroxylation sites is 1. The Kier molecular flexibility index (Phi) is 5.17. The van der Waals surface area contributed by atoms with Gasteiger partial charge in [0.05, 0.1) is 29.7 Å². The summed E-state index contributed by atoms with van der Waals surface area (Å²) in [6, 6.07) is 22.3. The molecule has 0 saturated heterocycles. The predicted molar refractivity (Wildman–Crippen MR) is 130 cm³/mol. The smallest absolute Gasteiger partial charge is 0.318 e. The van der Waals surface area contributed by atoms with Gasteiger partial charge in [0.25, 0.3) is 0 Å². The summed E-state index contributed by atoms with van der Waals surface area (Å²) in [6.07, 6.45) is 2.06. The van der Waals surface area contributed by atoms with Gasteiger partial charge in [0.2, 0.25) is 0 Å². The quantitative estimate of drug-likeness (QED) is 0.517. The van der Waals surface area contributed by atoms with E-state index in [0.717, 1.165) is 39.7 Å². The van der Waals surface area contributed by atoms with Gasteiger partial charge in [-0.1, -0.05) is 30.3 Å². The number of carbonyl (C=O) groups excluding carboxylic acids is 1. The van der Waals surface area contributed by atoms with E-state index in [2.05, 4.69) is 63.4 Å². The first-order valence-electron chi connectivity index (χ1n) is 11.1. The minimum Gasteiger partial charge on any atom is -0.378 e. The second-order valence-electron chi connectivity index (χ2n) is 8.51. The molecule has 2 amide bonds. The van der Waals surface area contributed by atoms with Gasteiger partial charge < -0.3 is 19.7 Å². The maximum atomic E-state index is 13.2. The van der Waals surface area contributed by atoms with Gasteiger partial charge in [-0.05, 0) is 48.9 Å². The molecule has 0 aliphatic carbocycles. The van der Waals surface area contributed by atoms with Gasteiger partial charge in [0.15, 0.2) is 0 Å². The minimum atomic E-state index is -0.243. The van der Waals surface area contributed by atoms with E-state index in [0.29, 0.717) is 6.54 Å². The van der Waals surface area contributed by atoms with Gasteiger partial charge in [0, 0.05) is 38.6 Å². The van der Waals surface area contributed by atoms with E-state index in [4.69, 9.17) is 5.10 Å². The topological polar surface area (TPSA) is 58.3 Å². The molecule has 2 aromatic heterocycles. The van der Waals surface area contributed by atoms with Crippen LogP contribution in [0, 0.1) is 6.92 Å². The zero-order valence-electron chi connectivity index (χ0n) is 19.4. The molecule has 2 aromatic carbocycles. The summed E-state index contributed by atoms with van der Waals surface area (Å²) in [7, 11) is 5.73. The number of nitrogens with one attached hydrogen (secondary N) is 1. The van der Waals surface area contributed by atoms with Crippen molar-refractivity contribution in [1.82, 2.24) is 24.6 Å². The van der Waals surface area contributed by atoms with Gasteiger partial charge in [-0.2, -0.15) is 5.10 Å². The minimum absolute atomic E-state index is 0.121. The van der Waals surface area contributed by atoms with E-state index in [9.17, 15) is 4.79 Å². The number of benzene rings is 2. The first-order chi connectivity index (χ1) is 16.0. The summed E-state index contributed by atoms with van der Waals surface area (Å²) < 4.78 is 4.16. The van der Waals surface area contributed by atoms with Crippen molar-refractivity contribution in [3.05, 3.63) is 95.4 Å². The fraction of sp³-hybridized carbons (Fsp3) is 0.231. The summed E-state index contributed by atoms with van der Waals surface area (Å²) in [4.78, 5) is 17.1. The lowest BCUT2D eigenvalue weighted by atomic mass is 10.0. The van der Waals surface area contributed by atoms with Crippen LogP contribution in [0.4, 0.5) is 10.5 Å². The Labute approximate surface area is 193 Å². The zero-order chi connectivity index (χ0) is 23.1. The third-order valence-corrected chi connectivity index (χ3v) is 6.29. The van der Waals surface area contributed by atoms with Crippen LogP contribution in [0.15, 0.2) is 72.9 Å². The fourth-order valence-electron chi connectivity index (χ4n) is 4.60. The molecule has 0 radical (unpaired) electrons. The van der Waals surface area contributed by atoms with Gasteiger partial charge in [-0.25, -0.2) is 9.48 Å². The molecule has 4 aromatic rings. The first kappa shape index (κ1) is 20.9. The highest BCUT2D eigenvalue weighted by Crippen LogP contribution is 2.38. The molecule has 0 bridgehead atoms. The second-order valence-corrected chi connectivity index (χ2v) is 8.51. The summed E-state index contributed by atoms with van der Waals surface area (Å²) in [6.45, 7) is 2.46. The van der Waals surface area contributed by atoms with Crippen molar-refractivity contribution in [3.63, 3.8) is 0 Å². The highest BCUT2D eigenvalue weighted by atomic mass is 16.2. The maximum absolute atomic E-state index is 13.2.